The first kappa shape index (κ1) is 17.0. The predicted octanol–water partition coefficient (Wildman–Crippen LogP) is 5.62. The molecule has 5 rings (SSSR count). The van der Waals surface area contributed by atoms with Gasteiger partial charge in [-0.1, -0.05) is 25.1 Å². The highest BCUT2D eigenvalue weighted by molar-refractivity contribution is 5.87. The van der Waals surface area contributed by atoms with Gasteiger partial charge in [-0.3, -0.25) is 4.79 Å². The highest BCUT2D eigenvalue weighted by atomic mass is 19.1. The quantitative estimate of drug-likeness (QED) is 0.713. The van der Waals surface area contributed by atoms with E-state index in [0.717, 1.165) is 49.7 Å². The number of hydrogen-bond donors (Lipinski definition) is 1. The van der Waals surface area contributed by atoms with E-state index >= 15 is 0 Å². The molecule has 0 aromatic heterocycles. The molecule has 3 aliphatic rings. The third kappa shape index (κ3) is 2.40. The summed E-state index contributed by atoms with van der Waals surface area (Å²) in [6.45, 7) is 2.19. The fourth-order valence-electron chi connectivity index (χ4n) is 6.39. The molecular weight excluding hydrogens is 339 g/mol. The number of carbonyl (C=O) groups excluding carboxylic acids is 1. The van der Waals surface area contributed by atoms with Crippen LogP contribution in [0.2, 0.25) is 0 Å². The molecule has 0 amide bonds. The number of carbonyl (C=O) groups is 1. The number of phenolic OH excluding ortho intramolecular Hbond substituents is 1. The average molecular weight is 364 g/mol. The van der Waals surface area contributed by atoms with Gasteiger partial charge < -0.3 is 5.11 Å². The average Bonchev–Trinajstić information content (AvgIpc) is 2.96. The van der Waals surface area contributed by atoms with E-state index in [0.29, 0.717) is 23.5 Å². The van der Waals surface area contributed by atoms with E-state index in [2.05, 4.69) is 13.0 Å². The zero-order chi connectivity index (χ0) is 18.8. The molecule has 3 heteroatoms. The van der Waals surface area contributed by atoms with Crippen molar-refractivity contribution < 1.29 is 14.3 Å². The van der Waals surface area contributed by atoms with Crippen molar-refractivity contribution in [2.75, 3.05) is 0 Å². The Balaban J connectivity index is 1.60. The smallest absolute Gasteiger partial charge is 0.139 e. The van der Waals surface area contributed by atoms with Crippen LogP contribution in [0.5, 0.6) is 5.75 Å². The molecule has 140 valence electrons. The van der Waals surface area contributed by atoms with Gasteiger partial charge in [0.25, 0.3) is 0 Å². The van der Waals surface area contributed by atoms with E-state index in [-0.39, 0.29) is 17.0 Å². The summed E-state index contributed by atoms with van der Waals surface area (Å²) in [6, 6.07) is 10.4. The Morgan fingerprint density at radius 2 is 1.96 bits per heavy atom. The van der Waals surface area contributed by atoms with Gasteiger partial charge in [0.1, 0.15) is 17.3 Å². The van der Waals surface area contributed by atoms with Gasteiger partial charge in [-0.2, -0.15) is 0 Å². The monoisotopic (exact) mass is 364 g/mol. The van der Waals surface area contributed by atoms with Crippen molar-refractivity contribution in [3.05, 3.63) is 53.3 Å². The predicted molar refractivity (Wildman–Crippen MR) is 103 cm³/mol. The molecule has 0 radical (unpaired) electrons. The second kappa shape index (κ2) is 5.92. The molecule has 2 aromatic rings. The van der Waals surface area contributed by atoms with Crippen LogP contribution in [0.15, 0.2) is 36.4 Å². The first-order valence-electron chi connectivity index (χ1n) is 10.1. The van der Waals surface area contributed by atoms with Gasteiger partial charge in [0, 0.05) is 17.4 Å². The Labute approximate surface area is 159 Å². The summed E-state index contributed by atoms with van der Waals surface area (Å²) in [4.78, 5) is 12.5. The lowest BCUT2D eigenvalue weighted by atomic mass is 9.55. The van der Waals surface area contributed by atoms with Crippen LogP contribution >= 0.6 is 0 Å². The minimum absolute atomic E-state index is 0.124. The van der Waals surface area contributed by atoms with E-state index in [1.165, 1.54) is 23.3 Å². The number of benzene rings is 2. The molecule has 0 aliphatic heterocycles. The molecule has 2 nitrogen and oxygen atoms in total. The highest BCUT2D eigenvalue weighted by Crippen LogP contribution is 2.60. The molecule has 0 spiro atoms. The number of rotatable bonds is 1. The van der Waals surface area contributed by atoms with Gasteiger partial charge in [0.05, 0.1) is 0 Å². The molecule has 1 N–H and O–H groups in total. The van der Waals surface area contributed by atoms with Gasteiger partial charge in [-0.05, 0) is 84.7 Å². The third-order valence-electron chi connectivity index (χ3n) is 7.71. The number of Topliss-reactive ketones (excluding diaryl/α,β-unsaturated/α-hetero) is 1. The Kier molecular flexibility index (Phi) is 3.72. The van der Waals surface area contributed by atoms with Crippen LogP contribution in [0, 0.1) is 23.1 Å². The molecule has 2 aromatic carbocycles. The van der Waals surface area contributed by atoms with Crippen molar-refractivity contribution in [3.8, 4) is 16.9 Å². The number of phenols is 1. The van der Waals surface area contributed by atoms with E-state index in [1.807, 2.05) is 6.07 Å². The molecule has 4 atom stereocenters. The van der Waals surface area contributed by atoms with Crippen LogP contribution in [-0.2, 0) is 11.2 Å². The van der Waals surface area contributed by atoms with Crippen molar-refractivity contribution in [2.45, 2.75) is 51.4 Å². The summed E-state index contributed by atoms with van der Waals surface area (Å²) in [5.74, 6) is 1.90. The van der Waals surface area contributed by atoms with Crippen molar-refractivity contribution in [1.82, 2.24) is 0 Å². The summed E-state index contributed by atoms with van der Waals surface area (Å²) in [7, 11) is 0. The maximum atomic E-state index is 13.8. The van der Waals surface area contributed by atoms with Crippen LogP contribution in [0.1, 0.15) is 56.1 Å². The Bertz CT molecular complexity index is 934. The normalized spacial score (nSPS) is 31.9. The summed E-state index contributed by atoms with van der Waals surface area (Å²) >= 11 is 0. The van der Waals surface area contributed by atoms with Crippen LogP contribution in [-0.4, -0.2) is 10.9 Å². The zero-order valence-corrected chi connectivity index (χ0v) is 15.7. The van der Waals surface area contributed by atoms with Gasteiger partial charge in [-0.25, -0.2) is 4.39 Å². The van der Waals surface area contributed by atoms with E-state index in [9.17, 15) is 14.3 Å². The van der Waals surface area contributed by atoms with Crippen LogP contribution < -0.4 is 0 Å². The summed E-state index contributed by atoms with van der Waals surface area (Å²) in [5.41, 5.74) is 3.90. The van der Waals surface area contributed by atoms with Crippen molar-refractivity contribution in [1.29, 1.82) is 0 Å². The summed E-state index contributed by atoms with van der Waals surface area (Å²) in [5, 5.41) is 10.6. The molecule has 0 bridgehead atoms. The lowest BCUT2D eigenvalue weighted by Crippen LogP contribution is -2.42. The molecule has 0 saturated heterocycles. The minimum atomic E-state index is -0.281. The lowest BCUT2D eigenvalue weighted by Gasteiger charge is -2.48. The fraction of sp³-hybridized carbons (Fsp3) is 0.458. The standard InChI is InChI=1S/C24H25FO2/c1-24-12-11-17-16-7-9-21(26)23(14-3-2-4-15(25)13-14)19(16)6-5-18(17)20(24)8-10-22(24)27/h2-4,7,9,13,17-18,20,26H,5-6,8,10-12H2,1H3/t17-,18-,20+,24+/m1/s1. The van der Waals surface area contributed by atoms with Crippen molar-refractivity contribution >= 4 is 5.78 Å². The number of ketones is 1. The molecule has 2 saturated carbocycles. The lowest BCUT2D eigenvalue weighted by molar-refractivity contribution is -0.129. The molecule has 0 heterocycles. The SMILES string of the molecule is C[C@]12CC[C@@H]3c4ccc(O)c(-c5cccc(F)c5)c4CC[C@H]3[C@@H]1CCC2=O. The molecule has 0 unspecified atom stereocenters. The number of halogens is 1. The highest BCUT2D eigenvalue weighted by Gasteiger charge is 2.54. The Morgan fingerprint density at radius 3 is 2.78 bits per heavy atom. The maximum absolute atomic E-state index is 13.8. The van der Waals surface area contributed by atoms with E-state index in [4.69, 9.17) is 0 Å². The van der Waals surface area contributed by atoms with Crippen LogP contribution in [0.3, 0.4) is 0 Å². The Morgan fingerprint density at radius 1 is 1.11 bits per heavy atom. The second-order valence-electron chi connectivity index (χ2n) is 8.87. The zero-order valence-electron chi connectivity index (χ0n) is 15.7. The van der Waals surface area contributed by atoms with Crippen LogP contribution in [0.4, 0.5) is 4.39 Å². The Hall–Kier alpha value is -2.16. The van der Waals surface area contributed by atoms with Gasteiger partial charge in [0.2, 0.25) is 0 Å². The molecule has 27 heavy (non-hydrogen) atoms. The maximum Gasteiger partial charge on any atom is 0.139 e. The second-order valence-corrected chi connectivity index (χ2v) is 8.87. The largest absolute Gasteiger partial charge is 0.507 e. The van der Waals surface area contributed by atoms with Crippen molar-refractivity contribution in [3.63, 3.8) is 0 Å². The van der Waals surface area contributed by atoms with Gasteiger partial charge in [-0.15, -0.1) is 0 Å². The van der Waals surface area contributed by atoms with Gasteiger partial charge >= 0.3 is 0 Å². The summed E-state index contributed by atoms with van der Waals surface area (Å²) in [6.07, 6.45) is 5.70. The minimum Gasteiger partial charge on any atom is -0.507 e. The third-order valence-corrected chi connectivity index (χ3v) is 7.71. The molecule has 2 fully saturated rings. The topological polar surface area (TPSA) is 37.3 Å². The molecular formula is C24H25FO2. The van der Waals surface area contributed by atoms with E-state index < -0.39 is 0 Å². The number of fused-ring (bicyclic) bond motifs is 5. The number of hydrogen-bond acceptors (Lipinski definition) is 2. The number of aromatic hydroxyl groups is 1. The first-order valence-corrected chi connectivity index (χ1v) is 10.1. The van der Waals surface area contributed by atoms with Crippen LogP contribution in [0.25, 0.3) is 11.1 Å². The van der Waals surface area contributed by atoms with Gasteiger partial charge in [0.15, 0.2) is 0 Å². The summed E-state index contributed by atoms with van der Waals surface area (Å²) < 4.78 is 13.8. The molecule has 3 aliphatic carbocycles. The van der Waals surface area contributed by atoms with E-state index in [1.54, 1.807) is 12.1 Å². The first-order chi connectivity index (χ1) is 13.0. The van der Waals surface area contributed by atoms with Crippen molar-refractivity contribution in [2.24, 2.45) is 17.3 Å². The fourth-order valence-corrected chi connectivity index (χ4v) is 6.39.